The highest BCUT2D eigenvalue weighted by molar-refractivity contribution is 8.00. The van der Waals surface area contributed by atoms with Crippen molar-refractivity contribution >= 4 is 34.3 Å². The summed E-state index contributed by atoms with van der Waals surface area (Å²) >= 11 is 1.56. The summed E-state index contributed by atoms with van der Waals surface area (Å²) in [6, 6.07) is 1.22. The number of halogens is 1. The molecule has 2 aliphatic rings. The van der Waals surface area contributed by atoms with Crippen molar-refractivity contribution in [2.45, 2.75) is 30.0 Å². The van der Waals surface area contributed by atoms with Crippen LogP contribution in [0.1, 0.15) is 23.7 Å². The third-order valence-corrected chi connectivity index (χ3v) is 6.08. The highest BCUT2D eigenvalue weighted by atomic mass is 32.2. The summed E-state index contributed by atoms with van der Waals surface area (Å²) < 4.78 is 16.9. The molecule has 1 aromatic heterocycles. The number of thioether (sulfide) groups is 1. The summed E-state index contributed by atoms with van der Waals surface area (Å²) in [7, 11) is 0. The summed E-state index contributed by atoms with van der Waals surface area (Å²) in [6.45, 7) is 5.73. The molecule has 0 saturated carbocycles. The van der Waals surface area contributed by atoms with Gasteiger partial charge >= 0.3 is 5.97 Å². The van der Waals surface area contributed by atoms with Crippen LogP contribution in [0.15, 0.2) is 22.0 Å². The first-order chi connectivity index (χ1) is 12.5. The summed E-state index contributed by atoms with van der Waals surface area (Å²) in [4.78, 5) is 26.8. The van der Waals surface area contributed by atoms with Crippen molar-refractivity contribution in [1.82, 2.24) is 9.88 Å². The Hall–Kier alpha value is -2.06. The van der Waals surface area contributed by atoms with Crippen LogP contribution in [0.2, 0.25) is 0 Å². The number of anilines is 1. The average molecular weight is 377 g/mol. The zero-order chi connectivity index (χ0) is 18.4. The third kappa shape index (κ3) is 2.77. The molecule has 26 heavy (non-hydrogen) atoms. The number of nitrogens with zero attached hydrogens (tertiary/aromatic N) is 2. The molecule has 1 saturated heterocycles. The van der Waals surface area contributed by atoms with Crippen LogP contribution in [0.3, 0.4) is 0 Å². The highest BCUT2D eigenvalue weighted by Crippen LogP contribution is 2.43. The number of rotatable bonds is 2. The van der Waals surface area contributed by atoms with E-state index in [0.717, 1.165) is 31.0 Å². The van der Waals surface area contributed by atoms with Crippen molar-refractivity contribution in [3.8, 4) is 0 Å². The fourth-order valence-electron chi connectivity index (χ4n) is 3.78. The molecule has 1 fully saturated rings. The van der Waals surface area contributed by atoms with Gasteiger partial charge in [0.1, 0.15) is 11.4 Å². The Bertz CT molecular complexity index is 951. The van der Waals surface area contributed by atoms with Crippen molar-refractivity contribution < 1.29 is 14.3 Å². The Morgan fingerprint density at radius 2 is 2.19 bits per heavy atom. The predicted octanol–water partition coefficient (Wildman–Crippen LogP) is 2.13. The van der Waals surface area contributed by atoms with E-state index < -0.39 is 17.2 Å². The number of hydrogen-bond acceptors (Lipinski definition) is 5. The third-order valence-electron chi connectivity index (χ3n) is 4.90. The van der Waals surface area contributed by atoms with Crippen LogP contribution in [0, 0.1) is 5.82 Å². The quantitative estimate of drug-likeness (QED) is 0.835. The lowest BCUT2D eigenvalue weighted by molar-refractivity contribution is 0.0694. The number of nitrogens with one attached hydrogen (secondary N) is 1. The molecule has 4 rings (SSSR count). The van der Waals surface area contributed by atoms with Gasteiger partial charge in [0.25, 0.3) is 0 Å². The van der Waals surface area contributed by atoms with E-state index in [4.69, 9.17) is 0 Å². The summed E-state index contributed by atoms with van der Waals surface area (Å²) in [6.07, 6.45) is 2.32. The van der Waals surface area contributed by atoms with Crippen LogP contribution in [-0.4, -0.2) is 47.1 Å². The maximum Gasteiger partial charge on any atom is 0.341 e. The fourth-order valence-corrected chi connectivity index (χ4v) is 5.09. The molecule has 0 amide bonds. The maximum absolute atomic E-state index is 15.1. The van der Waals surface area contributed by atoms with Gasteiger partial charge in [-0.05, 0) is 19.0 Å². The lowest BCUT2D eigenvalue weighted by atomic mass is 10.1. The SMILES string of the molecule is CC1Cn2cc(C(=O)O)c(=O)c3cc(F)c(N4CCCNCC4)c(c32)S1. The Morgan fingerprint density at radius 3 is 2.96 bits per heavy atom. The molecule has 3 heterocycles. The van der Waals surface area contributed by atoms with E-state index in [2.05, 4.69) is 5.32 Å². The lowest BCUT2D eigenvalue weighted by Gasteiger charge is -2.31. The van der Waals surface area contributed by atoms with Crippen LogP contribution >= 0.6 is 11.8 Å². The Balaban J connectivity index is 2.02. The van der Waals surface area contributed by atoms with Crippen LogP contribution in [-0.2, 0) is 6.54 Å². The second-order valence-electron chi connectivity index (χ2n) is 6.78. The number of carbonyl (C=O) groups is 1. The Morgan fingerprint density at radius 1 is 1.38 bits per heavy atom. The molecule has 138 valence electrons. The normalized spacial score (nSPS) is 20.2. The number of carboxylic acid groups (broad SMARTS) is 1. The zero-order valence-corrected chi connectivity index (χ0v) is 15.2. The number of aromatic carboxylic acids is 1. The van der Waals surface area contributed by atoms with Gasteiger partial charge in [0, 0.05) is 37.6 Å². The second-order valence-corrected chi connectivity index (χ2v) is 8.23. The van der Waals surface area contributed by atoms with Crippen molar-refractivity contribution in [2.24, 2.45) is 0 Å². The van der Waals surface area contributed by atoms with Gasteiger partial charge in [-0.3, -0.25) is 4.79 Å². The molecule has 8 heteroatoms. The van der Waals surface area contributed by atoms with Crippen molar-refractivity contribution in [2.75, 3.05) is 31.1 Å². The number of carboxylic acids is 1. The van der Waals surface area contributed by atoms with Gasteiger partial charge in [0.2, 0.25) is 5.43 Å². The van der Waals surface area contributed by atoms with Crippen molar-refractivity contribution in [3.05, 3.63) is 33.9 Å². The average Bonchev–Trinajstić information content (AvgIpc) is 2.86. The molecule has 2 aliphatic heterocycles. The molecule has 0 bridgehead atoms. The van der Waals surface area contributed by atoms with E-state index in [-0.39, 0.29) is 16.2 Å². The van der Waals surface area contributed by atoms with Gasteiger partial charge in [0.05, 0.1) is 21.5 Å². The first-order valence-corrected chi connectivity index (χ1v) is 9.60. The molecular weight excluding hydrogens is 357 g/mol. The van der Waals surface area contributed by atoms with E-state index in [1.54, 1.807) is 16.3 Å². The molecule has 0 spiro atoms. The van der Waals surface area contributed by atoms with Crippen LogP contribution in [0.5, 0.6) is 0 Å². The molecule has 1 atom stereocenters. The molecule has 1 aromatic carbocycles. The van der Waals surface area contributed by atoms with E-state index in [9.17, 15) is 14.7 Å². The van der Waals surface area contributed by atoms with Gasteiger partial charge in [-0.15, -0.1) is 11.8 Å². The lowest BCUT2D eigenvalue weighted by Crippen LogP contribution is -2.31. The van der Waals surface area contributed by atoms with Crippen molar-refractivity contribution in [1.29, 1.82) is 0 Å². The number of benzene rings is 1. The molecule has 1 unspecified atom stereocenters. The Labute approximate surface area is 154 Å². The van der Waals surface area contributed by atoms with E-state index in [1.165, 1.54) is 12.3 Å². The first-order valence-electron chi connectivity index (χ1n) is 8.72. The van der Waals surface area contributed by atoms with Crippen molar-refractivity contribution in [3.63, 3.8) is 0 Å². The van der Waals surface area contributed by atoms with E-state index in [1.807, 2.05) is 11.8 Å². The number of aromatic nitrogens is 1. The van der Waals surface area contributed by atoms with E-state index >= 15 is 4.39 Å². The van der Waals surface area contributed by atoms with Gasteiger partial charge in [-0.2, -0.15) is 0 Å². The van der Waals surface area contributed by atoms with Gasteiger partial charge < -0.3 is 19.9 Å². The van der Waals surface area contributed by atoms with Gasteiger partial charge in [0.15, 0.2) is 0 Å². The minimum atomic E-state index is -1.28. The maximum atomic E-state index is 15.1. The molecule has 2 aromatic rings. The van der Waals surface area contributed by atoms with Crippen LogP contribution in [0.25, 0.3) is 10.9 Å². The summed E-state index contributed by atoms with van der Waals surface area (Å²) in [5.41, 5.74) is 0.252. The zero-order valence-electron chi connectivity index (χ0n) is 14.4. The standard InChI is InChI=1S/C18H20FN3O3S/c1-10-8-22-9-12(18(24)25)16(23)11-7-13(19)15(17(26-10)14(11)22)21-5-2-3-20-4-6-21/h7,9-10,20H,2-6,8H2,1H3,(H,24,25). The molecule has 6 nitrogen and oxygen atoms in total. The highest BCUT2D eigenvalue weighted by Gasteiger charge is 2.29. The van der Waals surface area contributed by atoms with Crippen LogP contribution < -0.4 is 15.6 Å². The van der Waals surface area contributed by atoms with Gasteiger partial charge in [-0.25, -0.2) is 9.18 Å². The topological polar surface area (TPSA) is 74.6 Å². The smallest absolute Gasteiger partial charge is 0.341 e. The second kappa shape index (κ2) is 6.59. The molecule has 0 aliphatic carbocycles. The molecule has 2 N–H and O–H groups in total. The van der Waals surface area contributed by atoms with E-state index in [0.29, 0.717) is 24.3 Å². The molecular formula is C18H20FN3O3S. The van der Waals surface area contributed by atoms with Crippen LogP contribution in [0.4, 0.5) is 10.1 Å². The first kappa shape index (κ1) is 17.4. The fraction of sp³-hybridized carbons (Fsp3) is 0.444. The molecule has 0 radical (unpaired) electrons. The number of hydrogen-bond donors (Lipinski definition) is 2. The summed E-state index contributed by atoms with van der Waals surface area (Å²) in [5, 5.41) is 12.9. The monoisotopic (exact) mass is 377 g/mol. The predicted molar refractivity (Wildman–Crippen MR) is 100 cm³/mol. The Kier molecular flexibility index (Phi) is 4.40. The summed E-state index contributed by atoms with van der Waals surface area (Å²) in [5.74, 6) is -1.74. The number of pyridine rings is 1. The van der Waals surface area contributed by atoms with Gasteiger partial charge in [-0.1, -0.05) is 6.92 Å². The minimum absolute atomic E-state index is 0.147. The largest absolute Gasteiger partial charge is 0.477 e. The minimum Gasteiger partial charge on any atom is -0.477 e.